The summed E-state index contributed by atoms with van der Waals surface area (Å²) in [6.07, 6.45) is 2.49. The van der Waals surface area contributed by atoms with Crippen molar-refractivity contribution in [3.05, 3.63) is 29.8 Å². The van der Waals surface area contributed by atoms with Crippen LogP contribution in [0, 0.1) is 12.8 Å². The molecule has 0 radical (unpaired) electrons. The van der Waals surface area contributed by atoms with Crippen molar-refractivity contribution < 1.29 is 19.5 Å². The highest BCUT2D eigenvalue weighted by atomic mass is 32.2. The number of anilines is 1. The first-order valence-corrected chi connectivity index (χ1v) is 9.95. The molecule has 2 rings (SSSR count). The lowest BCUT2D eigenvalue weighted by atomic mass is 9.77. The van der Waals surface area contributed by atoms with Crippen LogP contribution in [0.15, 0.2) is 24.3 Å². The molecule has 26 heavy (non-hydrogen) atoms. The lowest BCUT2D eigenvalue weighted by Crippen LogP contribution is -2.56. The first-order chi connectivity index (χ1) is 12.3. The van der Waals surface area contributed by atoms with Gasteiger partial charge in [0.1, 0.15) is 5.54 Å². The number of hydrogen-bond donors (Lipinski definition) is 3. The predicted octanol–water partition coefficient (Wildman–Crippen LogP) is 2.82. The molecule has 0 atom stereocenters. The van der Waals surface area contributed by atoms with Crippen LogP contribution in [0.5, 0.6) is 0 Å². The van der Waals surface area contributed by atoms with Crippen molar-refractivity contribution in [3.8, 4) is 0 Å². The van der Waals surface area contributed by atoms with Crippen LogP contribution in [-0.4, -0.2) is 39.9 Å². The zero-order chi connectivity index (χ0) is 19.2. The van der Waals surface area contributed by atoms with E-state index in [4.69, 9.17) is 0 Å². The Hall–Kier alpha value is -2.02. The summed E-state index contributed by atoms with van der Waals surface area (Å²) in [5.41, 5.74) is 0.666. The maximum Gasteiger partial charge on any atom is 0.329 e. The average molecular weight is 378 g/mol. The predicted molar refractivity (Wildman–Crippen MR) is 103 cm³/mol. The molecule has 142 valence electrons. The summed E-state index contributed by atoms with van der Waals surface area (Å²) in [5.74, 6) is -0.815. The van der Waals surface area contributed by atoms with E-state index in [0.29, 0.717) is 24.4 Å². The largest absolute Gasteiger partial charge is 0.480 e. The van der Waals surface area contributed by atoms with Crippen molar-refractivity contribution in [2.24, 2.45) is 5.92 Å². The van der Waals surface area contributed by atoms with Crippen molar-refractivity contribution in [1.82, 2.24) is 5.32 Å². The molecule has 0 bridgehead atoms. The number of benzene rings is 1. The number of carboxylic acids is 1. The fourth-order valence-corrected chi connectivity index (χ4v) is 3.64. The van der Waals surface area contributed by atoms with Crippen molar-refractivity contribution in [2.45, 2.75) is 45.1 Å². The maximum atomic E-state index is 12.2. The molecule has 6 nitrogen and oxygen atoms in total. The smallest absolute Gasteiger partial charge is 0.329 e. The number of nitrogens with one attached hydrogen (secondary N) is 2. The molecule has 1 aliphatic rings. The van der Waals surface area contributed by atoms with Crippen LogP contribution < -0.4 is 10.6 Å². The molecule has 1 fully saturated rings. The highest BCUT2D eigenvalue weighted by Gasteiger charge is 2.42. The molecule has 0 unspecified atom stereocenters. The molecule has 0 heterocycles. The van der Waals surface area contributed by atoms with Gasteiger partial charge in [0.05, 0.1) is 11.5 Å². The molecular formula is C19H26N2O4S. The summed E-state index contributed by atoms with van der Waals surface area (Å²) >= 11 is 1.17. The number of aryl methyl sites for hydroxylation is 1. The van der Waals surface area contributed by atoms with Gasteiger partial charge in [0, 0.05) is 5.69 Å². The second-order valence-corrected chi connectivity index (χ2v) is 8.01. The van der Waals surface area contributed by atoms with Gasteiger partial charge >= 0.3 is 5.97 Å². The van der Waals surface area contributed by atoms with Crippen LogP contribution in [0.25, 0.3) is 0 Å². The highest BCUT2D eigenvalue weighted by Crippen LogP contribution is 2.32. The molecule has 1 aromatic rings. The minimum absolute atomic E-state index is 0.0614. The monoisotopic (exact) mass is 378 g/mol. The van der Waals surface area contributed by atoms with Crippen molar-refractivity contribution in [3.63, 3.8) is 0 Å². The second-order valence-electron chi connectivity index (χ2n) is 7.02. The number of carbonyl (C=O) groups excluding carboxylic acids is 2. The van der Waals surface area contributed by atoms with Crippen LogP contribution in [0.3, 0.4) is 0 Å². The number of thioether (sulfide) groups is 1. The first kappa shape index (κ1) is 20.3. The van der Waals surface area contributed by atoms with E-state index in [1.165, 1.54) is 11.8 Å². The molecular weight excluding hydrogens is 352 g/mol. The number of aliphatic carboxylic acids is 1. The Morgan fingerprint density at radius 1 is 1.12 bits per heavy atom. The van der Waals surface area contributed by atoms with Gasteiger partial charge < -0.3 is 15.7 Å². The lowest BCUT2D eigenvalue weighted by Gasteiger charge is -2.36. The van der Waals surface area contributed by atoms with Crippen LogP contribution in [0.1, 0.15) is 38.2 Å². The summed E-state index contributed by atoms with van der Waals surface area (Å²) in [4.78, 5) is 35.7. The summed E-state index contributed by atoms with van der Waals surface area (Å²) in [6, 6.07) is 7.47. The molecule has 2 amide bonds. The van der Waals surface area contributed by atoms with Gasteiger partial charge in [0.2, 0.25) is 11.8 Å². The van der Waals surface area contributed by atoms with Crippen LogP contribution >= 0.6 is 11.8 Å². The quantitative estimate of drug-likeness (QED) is 0.678. The molecule has 1 saturated carbocycles. The zero-order valence-electron chi connectivity index (χ0n) is 15.2. The van der Waals surface area contributed by atoms with E-state index in [0.717, 1.165) is 18.4 Å². The fraction of sp³-hybridized carbons (Fsp3) is 0.526. The Morgan fingerprint density at radius 2 is 1.69 bits per heavy atom. The third-order valence-corrected chi connectivity index (χ3v) is 5.65. The molecule has 0 aromatic heterocycles. The SMILES string of the molecule is Cc1ccc(NC(=O)CSCC(=O)NC2(C(=O)O)CCC(C)CC2)cc1. The van der Waals surface area contributed by atoms with Crippen LogP contribution in [0.4, 0.5) is 5.69 Å². The fourth-order valence-electron chi connectivity index (χ4n) is 3.02. The molecule has 0 aliphatic heterocycles. The topological polar surface area (TPSA) is 95.5 Å². The number of amides is 2. The van der Waals surface area contributed by atoms with Gasteiger partial charge in [-0.05, 0) is 50.7 Å². The van der Waals surface area contributed by atoms with E-state index in [9.17, 15) is 19.5 Å². The van der Waals surface area contributed by atoms with Gasteiger partial charge in [-0.1, -0.05) is 24.6 Å². The average Bonchev–Trinajstić information content (AvgIpc) is 2.59. The number of carbonyl (C=O) groups is 3. The molecule has 0 spiro atoms. The summed E-state index contributed by atoms with van der Waals surface area (Å²) in [6.45, 7) is 4.06. The molecule has 0 saturated heterocycles. The normalized spacial score (nSPS) is 22.5. The van der Waals surface area contributed by atoms with E-state index in [1.807, 2.05) is 31.2 Å². The van der Waals surface area contributed by atoms with Gasteiger partial charge in [-0.15, -0.1) is 11.8 Å². The van der Waals surface area contributed by atoms with E-state index >= 15 is 0 Å². The molecule has 7 heteroatoms. The van der Waals surface area contributed by atoms with Gasteiger partial charge in [-0.3, -0.25) is 9.59 Å². The summed E-state index contributed by atoms with van der Waals surface area (Å²) in [5, 5.41) is 15.0. The van der Waals surface area contributed by atoms with E-state index in [2.05, 4.69) is 17.6 Å². The number of rotatable bonds is 7. The van der Waals surface area contributed by atoms with Crippen molar-refractivity contribution in [2.75, 3.05) is 16.8 Å². The zero-order valence-corrected chi connectivity index (χ0v) is 16.0. The van der Waals surface area contributed by atoms with Gasteiger partial charge in [0.15, 0.2) is 0 Å². The Kier molecular flexibility index (Phi) is 7.08. The third-order valence-electron chi connectivity index (χ3n) is 4.72. The van der Waals surface area contributed by atoms with E-state index in [-0.39, 0.29) is 23.3 Å². The number of carboxylic acid groups (broad SMARTS) is 1. The van der Waals surface area contributed by atoms with Gasteiger partial charge in [-0.2, -0.15) is 0 Å². The summed E-state index contributed by atoms with van der Waals surface area (Å²) < 4.78 is 0. The van der Waals surface area contributed by atoms with E-state index < -0.39 is 11.5 Å². The first-order valence-electron chi connectivity index (χ1n) is 8.79. The van der Waals surface area contributed by atoms with Gasteiger partial charge in [0.25, 0.3) is 0 Å². The van der Waals surface area contributed by atoms with E-state index in [1.54, 1.807) is 0 Å². The minimum Gasteiger partial charge on any atom is -0.480 e. The van der Waals surface area contributed by atoms with Crippen LogP contribution in [0.2, 0.25) is 0 Å². The maximum absolute atomic E-state index is 12.2. The Bertz CT molecular complexity index is 652. The van der Waals surface area contributed by atoms with Crippen molar-refractivity contribution >= 4 is 35.2 Å². The Labute approximate surface area is 158 Å². The highest BCUT2D eigenvalue weighted by molar-refractivity contribution is 8.00. The van der Waals surface area contributed by atoms with Gasteiger partial charge in [-0.25, -0.2) is 4.79 Å². The third kappa shape index (κ3) is 5.76. The summed E-state index contributed by atoms with van der Waals surface area (Å²) in [7, 11) is 0. The lowest BCUT2D eigenvalue weighted by molar-refractivity contribution is -0.149. The second kappa shape index (κ2) is 9.07. The standard InChI is InChI=1S/C19H26N2O4S/c1-13-3-5-15(6-4-13)20-16(22)11-26-12-17(23)21-19(18(24)25)9-7-14(2)8-10-19/h3-6,14H,7-12H2,1-2H3,(H,20,22)(H,21,23)(H,24,25). The Morgan fingerprint density at radius 3 is 2.27 bits per heavy atom. The molecule has 1 aromatic carbocycles. The molecule has 1 aliphatic carbocycles. The minimum atomic E-state index is -1.16. The Balaban J connectivity index is 1.76. The number of hydrogen-bond acceptors (Lipinski definition) is 4. The van der Waals surface area contributed by atoms with Crippen molar-refractivity contribution in [1.29, 1.82) is 0 Å². The molecule has 3 N–H and O–H groups in total. The van der Waals surface area contributed by atoms with Crippen LogP contribution in [-0.2, 0) is 14.4 Å².